The number of methoxy groups -OCH3 is 1. The van der Waals surface area contributed by atoms with Crippen LogP contribution in [0.3, 0.4) is 0 Å². The highest BCUT2D eigenvalue weighted by molar-refractivity contribution is 5.53. The fraction of sp³-hybridized carbons (Fsp3) is 0.273. The number of nitrogens with two attached hydrogens (primary N) is 1. The van der Waals surface area contributed by atoms with E-state index in [1.807, 2.05) is 0 Å². The maximum absolute atomic E-state index is 13.1. The molecule has 0 fully saturated rings. The second-order valence-electron chi connectivity index (χ2n) is 3.77. The normalized spacial score (nSPS) is 12.7. The number of aromatic nitrogens is 2. The topological polar surface area (TPSA) is 74.2 Å². The van der Waals surface area contributed by atoms with Gasteiger partial charge in [0.25, 0.3) is 5.89 Å². The molecule has 2 aromatic rings. The summed E-state index contributed by atoms with van der Waals surface area (Å²) < 4.78 is 48.6. The predicted molar refractivity (Wildman–Crippen MR) is 58.4 cm³/mol. The molecule has 0 spiro atoms. The van der Waals surface area contributed by atoms with Crippen molar-refractivity contribution in [2.75, 3.05) is 13.7 Å². The molecule has 1 aromatic heterocycles. The number of nitrogens with zero attached hydrogens (tertiary/aromatic N) is 2. The van der Waals surface area contributed by atoms with Crippen LogP contribution in [0.25, 0.3) is 11.5 Å². The lowest BCUT2D eigenvalue weighted by atomic mass is 10.2. The smallest absolute Gasteiger partial charge is 0.258 e. The van der Waals surface area contributed by atoms with Crippen molar-refractivity contribution in [1.29, 1.82) is 0 Å². The lowest BCUT2D eigenvalue weighted by Gasteiger charge is -2.03. The summed E-state index contributed by atoms with van der Waals surface area (Å²) >= 11 is 0. The van der Waals surface area contributed by atoms with Crippen molar-refractivity contribution in [3.63, 3.8) is 0 Å². The lowest BCUT2D eigenvalue weighted by Crippen LogP contribution is -2.17. The summed E-state index contributed by atoms with van der Waals surface area (Å²) in [7, 11) is 1.45. The summed E-state index contributed by atoms with van der Waals surface area (Å²) in [5, 5.41) is 3.56. The number of hydrogen-bond donors (Lipinski definition) is 1. The summed E-state index contributed by atoms with van der Waals surface area (Å²) in [6.07, 6.45) is 0. The van der Waals surface area contributed by atoms with E-state index in [0.29, 0.717) is 0 Å². The van der Waals surface area contributed by atoms with E-state index in [9.17, 15) is 13.2 Å². The monoisotopic (exact) mass is 273 g/mol. The summed E-state index contributed by atoms with van der Waals surface area (Å²) in [6.45, 7) is 0.158. The quantitative estimate of drug-likeness (QED) is 0.860. The van der Waals surface area contributed by atoms with Crippen molar-refractivity contribution in [1.82, 2.24) is 10.1 Å². The SMILES string of the molecule is COCC(N)c1noc(-c2cc(F)c(F)c(F)c2)n1. The summed E-state index contributed by atoms with van der Waals surface area (Å²) in [5.74, 6) is -4.26. The van der Waals surface area contributed by atoms with Gasteiger partial charge in [-0.1, -0.05) is 5.16 Å². The summed E-state index contributed by atoms with van der Waals surface area (Å²) in [6, 6.07) is 0.896. The molecule has 0 bridgehead atoms. The Hall–Kier alpha value is -1.93. The van der Waals surface area contributed by atoms with Crippen molar-refractivity contribution >= 4 is 0 Å². The first-order valence-corrected chi connectivity index (χ1v) is 5.26. The van der Waals surface area contributed by atoms with Gasteiger partial charge in [0, 0.05) is 12.7 Å². The molecule has 1 unspecified atom stereocenters. The van der Waals surface area contributed by atoms with Gasteiger partial charge in [0.15, 0.2) is 23.3 Å². The van der Waals surface area contributed by atoms with E-state index in [2.05, 4.69) is 10.1 Å². The molecule has 0 amide bonds. The van der Waals surface area contributed by atoms with Crippen LogP contribution in [-0.2, 0) is 4.74 Å². The lowest BCUT2D eigenvalue weighted by molar-refractivity contribution is 0.177. The van der Waals surface area contributed by atoms with Crippen LogP contribution in [0.15, 0.2) is 16.7 Å². The largest absolute Gasteiger partial charge is 0.383 e. The van der Waals surface area contributed by atoms with Gasteiger partial charge in [-0.15, -0.1) is 0 Å². The average Bonchev–Trinajstić information content (AvgIpc) is 2.85. The predicted octanol–water partition coefficient (Wildman–Crippen LogP) is 1.80. The Morgan fingerprint density at radius 1 is 1.32 bits per heavy atom. The van der Waals surface area contributed by atoms with Crippen LogP contribution < -0.4 is 5.73 Å². The Labute approximate surface area is 106 Å². The van der Waals surface area contributed by atoms with E-state index in [0.717, 1.165) is 12.1 Å². The van der Waals surface area contributed by atoms with Crippen molar-refractivity contribution in [3.8, 4) is 11.5 Å². The van der Waals surface area contributed by atoms with Crippen LogP contribution >= 0.6 is 0 Å². The average molecular weight is 273 g/mol. The molecule has 0 radical (unpaired) electrons. The van der Waals surface area contributed by atoms with Gasteiger partial charge in [0.05, 0.1) is 12.6 Å². The van der Waals surface area contributed by atoms with Gasteiger partial charge in [-0.25, -0.2) is 13.2 Å². The minimum absolute atomic E-state index is 0.0697. The van der Waals surface area contributed by atoms with Gasteiger partial charge >= 0.3 is 0 Å². The van der Waals surface area contributed by atoms with E-state index in [-0.39, 0.29) is 23.9 Å². The van der Waals surface area contributed by atoms with E-state index < -0.39 is 23.5 Å². The highest BCUT2D eigenvalue weighted by Gasteiger charge is 2.18. The summed E-state index contributed by atoms with van der Waals surface area (Å²) in [4.78, 5) is 3.87. The molecule has 0 aliphatic heterocycles. The molecule has 1 heterocycles. The zero-order chi connectivity index (χ0) is 14.0. The molecule has 2 rings (SSSR count). The van der Waals surface area contributed by atoms with Gasteiger partial charge in [-0.3, -0.25) is 0 Å². The molecule has 8 heteroatoms. The van der Waals surface area contributed by atoms with Crippen LogP contribution in [0.4, 0.5) is 13.2 Å². The first kappa shape index (κ1) is 13.5. The Morgan fingerprint density at radius 2 is 1.95 bits per heavy atom. The van der Waals surface area contributed by atoms with Crippen LogP contribution in [0.1, 0.15) is 11.9 Å². The molecule has 19 heavy (non-hydrogen) atoms. The zero-order valence-electron chi connectivity index (χ0n) is 9.86. The fourth-order valence-electron chi connectivity index (χ4n) is 1.44. The minimum Gasteiger partial charge on any atom is -0.383 e. The second-order valence-corrected chi connectivity index (χ2v) is 3.77. The molecule has 102 valence electrons. The highest BCUT2D eigenvalue weighted by atomic mass is 19.2. The molecular formula is C11H10F3N3O2. The van der Waals surface area contributed by atoms with Gasteiger partial charge in [-0.2, -0.15) is 4.98 Å². The molecule has 0 aliphatic rings. The van der Waals surface area contributed by atoms with E-state index in [1.165, 1.54) is 7.11 Å². The Balaban J connectivity index is 2.33. The van der Waals surface area contributed by atoms with E-state index in [1.54, 1.807) is 0 Å². The number of benzene rings is 1. The van der Waals surface area contributed by atoms with E-state index >= 15 is 0 Å². The van der Waals surface area contributed by atoms with Crippen LogP contribution in [0.5, 0.6) is 0 Å². The molecule has 0 aliphatic carbocycles. The van der Waals surface area contributed by atoms with Gasteiger partial charge in [0.1, 0.15) is 0 Å². The number of hydrogen-bond acceptors (Lipinski definition) is 5. The van der Waals surface area contributed by atoms with Crippen molar-refractivity contribution in [2.45, 2.75) is 6.04 Å². The van der Waals surface area contributed by atoms with Crippen LogP contribution in [0, 0.1) is 17.5 Å². The van der Waals surface area contributed by atoms with Crippen molar-refractivity contribution in [2.24, 2.45) is 5.73 Å². The molecule has 0 saturated heterocycles. The molecule has 1 atom stereocenters. The Bertz CT molecular complexity index is 565. The van der Waals surface area contributed by atoms with Crippen molar-refractivity contribution in [3.05, 3.63) is 35.4 Å². The zero-order valence-corrected chi connectivity index (χ0v) is 9.86. The van der Waals surface area contributed by atoms with Gasteiger partial charge < -0.3 is 15.0 Å². The Morgan fingerprint density at radius 3 is 2.53 bits per heavy atom. The molecule has 1 aromatic carbocycles. The minimum atomic E-state index is -1.56. The van der Waals surface area contributed by atoms with Crippen LogP contribution in [0.2, 0.25) is 0 Å². The van der Waals surface area contributed by atoms with Crippen LogP contribution in [-0.4, -0.2) is 23.9 Å². The maximum atomic E-state index is 13.1. The van der Waals surface area contributed by atoms with Gasteiger partial charge in [0.2, 0.25) is 0 Å². The Kier molecular flexibility index (Phi) is 3.82. The molecule has 2 N–H and O–H groups in total. The van der Waals surface area contributed by atoms with Crippen molar-refractivity contribution < 1.29 is 22.4 Å². The fourth-order valence-corrected chi connectivity index (χ4v) is 1.44. The first-order valence-electron chi connectivity index (χ1n) is 5.26. The third-order valence-electron chi connectivity index (χ3n) is 2.35. The molecular weight excluding hydrogens is 263 g/mol. The third kappa shape index (κ3) is 2.74. The molecule has 5 nitrogen and oxygen atoms in total. The third-order valence-corrected chi connectivity index (χ3v) is 2.35. The van der Waals surface area contributed by atoms with Gasteiger partial charge in [-0.05, 0) is 12.1 Å². The van der Waals surface area contributed by atoms with E-state index in [4.69, 9.17) is 15.0 Å². The number of halogens is 3. The highest BCUT2D eigenvalue weighted by Crippen LogP contribution is 2.23. The standard InChI is InChI=1S/C11H10F3N3O2/c1-18-4-8(15)10-16-11(19-17-10)5-2-6(12)9(14)7(13)3-5/h2-3,8H,4,15H2,1H3. The maximum Gasteiger partial charge on any atom is 0.258 e. The number of rotatable bonds is 4. The second kappa shape index (κ2) is 5.37. The molecule has 0 saturated carbocycles. The first-order chi connectivity index (χ1) is 9.02. The summed E-state index contributed by atoms with van der Waals surface area (Å²) in [5.41, 5.74) is 5.59. The number of ether oxygens (including phenoxy) is 1.